The van der Waals surface area contributed by atoms with Crippen LogP contribution in [0.3, 0.4) is 0 Å². The second-order valence-corrected chi connectivity index (χ2v) is 6.53. The number of aldehydes is 3. The smallest absolute Gasteiger partial charge is 0.390 e. The molecule has 0 bridgehead atoms. The Bertz CT molecular complexity index is 470. The molecule has 0 spiro atoms. The van der Waals surface area contributed by atoms with Crippen molar-refractivity contribution in [3.63, 3.8) is 0 Å². The van der Waals surface area contributed by atoms with Crippen molar-refractivity contribution in [1.82, 2.24) is 0 Å². The van der Waals surface area contributed by atoms with Crippen LogP contribution in [-0.2, 0) is 32.6 Å². The lowest BCUT2D eigenvalue weighted by atomic mass is 10.2. The molecule has 0 rings (SSSR count). The normalized spacial score (nSPS) is 14.5. The number of aliphatic hydroxyl groups is 3. The predicted molar refractivity (Wildman–Crippen MR) is 82.5 cm³/mol. The summed E-state index contributed by atoms with van der Waals surface area (Å²) in [5.41, 5.74) is 0. The summed E-state index contributed by atoms with van der Waals surface area (Å²) in [6, 6.07) is 0. The van der Waals surface area contributed by atoms with E-state index >= 15 is 0 Å². The molecule has 7 N–H and O–H groups in total. The number of carbonyl (C=O) groups is 3. The number of carbonyl (C=O) groups excluding carboxylic acids is 3. The summed E-state index contributed by atoms with van der Waals surface area (Å²) in [4.78, 5) is 60.8. The molecule has 0 saturated heterocycles. The van der Waals surface area contributed by atoms with Gasteiger partial charge in [0.05, 0.1) is 19.3 Å². The van der Waals surface area contributed by atoms with E-state index in [0.29, 0.717) is 6.29 Å². The first kappa shape index (κ1) is 29.9. The maximum atomic E-state index is 10.1. The molecule has 0 aliphatic carbocycles. The van der Waals surface area contributed by atoms with Crippen LogP contribution >= 0.6 is 15.6 Å². The maximum absolute atomic E-state index is 10.1. The van der Waals surface area contributed by atoms with Gasteiger partial charge in [0.1, 0.15) is 24.8 Å². The molecule has 3 atom stereocenters. The Kier molecular flexibility index (Phi) is 18.7. The lowest BCUT2D eigenvalue weighted by Gasteiger charge is -2.15. The second-order valence-electron chi connectivity index (χ2n) is 4.05. The van der Waals surface area contributed by atoms with Gasteiger partial charge < -0.3 is 49.3 Å². The molecule has 0 aromatic heterocycles. The van der Waals surface area contributed by atoms with Crippen LogP contribution in [0.15, 0.2) is 0 Å². The summed E-state index contributed by atoms with van der Waals surface area (Å²) in [6.07, 6.45) is -3.40. The van der Waals surface area contributed by atoms with Crippen LogP contribution in [0.4, 0.5) is 0 Å². The third-order valence-corrected chi connectivity index (χ3v) is 2.74. The molecule has 14 nitrogen and oxygen atoms in total. The molecule has 156 valence electrons. The summed E-state index contributed by atoms with van der Waals surface area (Å²) in [5, 5.41) is 26.2. The van der Waals surface area contributed by atoms with Gasteiger partial charge in [0.15, 0.2) is 6.29 Å². The SMILES string of the molecule is CC=O.O=CC[C@H](O)[C@H](O)COP(=O)(O)O.O=C[C@H](O)COP(=O)(O)O. The minimum Gasteiger partial charge on any atom is -0.390 e. The Morgan fingerprint density at radius 3 is 1.54 bits per heavy atom. The first-order valence-electron chi connectivity index (χ1n) is 6.47. The maximum Gasteiger partial charge on any atom is 0.469 e. The van der Waals surface area contributed by atoms with Crippen LogP contribution in [0, 0.1) is 0 Å². The molecule has 26 heavy (non-hydrogen) atoms. The van der Waals surface area contributed by atoms with Crippen LogP contribution in [-0.4, -0.2) is 85.3 Å². The summed E-state index contributed by atoms with van der Waals surface area (Å²) < 4.78 is 27.7. The number of rotatable bonds is 10. The summed E-state index contributed by atoms with van der Waals surface area (Å²) >= 11 is 0. The van der Waals surface area contributed by atoms with E-state index in [0.717, 1.165) is 6.29 Å². The van der Waals surface area contributed by atoms with Gasteiger partial charge in [-0.25, -0.2) is 9.13 Å². The number of hydrogen-bond donors (Lipinski definition) is 7. The van der Waals surface area contributed by atoms with E-state index in [1.165, 1.54) is 6.92 Å². The predicted octanol–water partition coefficient (Wildman–Crippen LogP) is -2.73. The van der Waals surface area contributed by atoms with Crippen molar-refractivity contribution in [2.75, 3.05) is 13.2 Å². The Morgan fingerprint density at radius 2 is 1.23 bits per heavy atom. The Balaban J connectivity index is -0.000000362. The van der Waals surface area contributed by atoms with E-state index in [9.17, 15) is 18.7 Å². The Hall–Kier alpha value is -0.890. The average molecular weight is 428 g/mol. The van der Waals surface area contributed by atoms with Crippen LogP contribution < -0.4 is 0 Å². The zero-order chi connectivity index (χ0) is 21.4. The highest BCUT2D eigenvalue weighted by Gasteiger charge is 2.21. The lowest BCUT2D eigenvalue weighted by Crippen LogP contribution is -2.30. The largest absolute Gasteiger partial charge is 0.469 e. The molecule has 0 aromatic carbocycles. The number of phosphoric acid groups is 2. The minimum absolute atomic E-state index is 0.121. The van der Waals surface area contributed by atoms with Gasteiger partial charge in [-0.05, 0) is 6.92 Å². The van der Waals surface area contributed by atoms with Gasteiger partial charge in [-0.3, -0.25) is 9.05 Å². The van der Waals surface area contributed by atoms with Crippen molar-refractivity contribution < 1.29 is 67.5 Å². The molecular weight excluding hydrogens is 406 g/mol. The fraction of sp³-hybridized carbons (Fsp3) is 0.700. The first-order chi connectivity index (χ1) is 11.7. The molecule has 0 radical (unpaired) electrons. The van der Waals surface area contributed by atoms with Crippen molar-refractivity contribution in [2.24, 2.45) is 0 Å². The number of phosphoric ester groups is 2. The molecule has 0 amide bonds. The zero-order valence-corrected chi connectivity index (χ0v) is 15.3. The van der Waals surface area contributed by atoms with Crippen molar-refractivity contribution in [1.29, 1.82) is 0 Å². The zero-order valence-electron chi connectivity index (χ0n) is 13.5. The van der Waals surface area contributed by atoms with E-state index in [-0.39, 0.29) is 12.7 Å². The molecule has 0 saturated carbocycles. The van der Waals surface area contributed by atoms with Crippen molar-refractivity contribution in [3.05, 3.63) is 0 Å². The van der Waals surface area contributed by atoms with E-state index in [4.69, 9.17) is 39.7 Å². The van der Waals surface area contributed by atoms with Gasteiger partial charge in [0.2, 0.25) is 0 Å². The first-order valence-corrected chi connectivity index (χ1v) is 9.53. The summed E-state index contributed by atoms with van der Waals surface area (Å²) in [5.74, 6) is 0. The Morgan fingerprint density at radius 1 is 0.846 bits per heavy atom. The van der Waals surface area contributed by atoms with Crippen molar-refractivity contribution >= 4 is 34.5 Å². The van der Waals surface area contributed by atoms with Gasteiger partial charge >= 0.3 is 15.6 Å². The molecule has 16 heteroatoms. The lowest BCUT2D eigenvalue weighted by molar-refractivity contribution is -0.116. The van der Waals surface area contributed by atoms with E-state index in [1.807, 2.05) is 0 Å². The molecule has 0 aromatic rings. The molecule has 0 heterocycles. The topological polar surface area (TPSA) is 245 Å². The van der Waals surface area contributed by atoms with Crippen LogP contribution in [0.25, 0.3) is 0 Å². The highest BCUT2D eigenvalue weighted by atomic mass is 31.2. The third kappa shape index (κ3) is 27.9. The van der Waals surface area contributed by atoms with Crippen LogP contribution in [0.1, 0.15) is 13.3 Å². The van der Waals surface area contributed by atoms with E-state index in [1.54, 1.807) is 0 Å². The van der Waals surface area contributed by atoms with Gasteiger partial charge in [-0.15, -0.1) is 0 Å². The van der Waals surface area contributed by atoms with E-state index in [2.05, 4.69) is 9.05 Å². The number of hydrogen-bond acceptors (Lipinski definition) is 10. The third-order valence-electron chi connectivity index (χ3n) is 1.77. The molecular formula is C10H22O14P2. The van der Waals surface area contributed by atoms with Gasteiger partial charge in [-0.2, -0.15) is 0 Å². The average Bonchev–Trinajstić information content (AvgIpc) is 2.50. The van der Waals surface area contributed by atoms with Gasteiger partial charge in [0, 0.05) is 6.42 Å². The minimum atomic E-state index is -4.64. The van der Waals surface area contributed by atoms with Crippen molar-refractivity contribution in [3.8, 4) is 0 Å². The summed E-state index contributed by atoms with van der Waals surface area (Å²) in [6.45, 7) is 0.0348. The molecule has 0 fully saturated rings. The fourth-order valence-electron chi connectivity index (χ4n) is 0.753. The van der Waals surface area contributed by atoms with Crippen LogP contribution in [0.2, 0.25) is 0 Å². The van der Waals surface area contributed by atoms with Gasteiger partial charge in [0.25, 0.3) is 0 Å². The highest BCUT2D eigenvalue weighted by molar-refractivity contribution is 7.46. The van der Waals surface area contributed by atoms with Gasteiger partial charge in [-0.1, -0.05) is 0 Å². The molecule has 0 aliphatic rings. The quantitative estimate of drug-likeness (QED) is 0.138. The van der Waals surface area contributed by atoms with Crippen LogP contribution in [0.5, 0.6) is 0 Å². The summed E-state index contributed by atoms with van der Waals surface area (Å²) in [7, 11) is -9.19. The standard InChI is InChI=1S/C5H11O7P.C3H7O6P.C2H4O/c6-2-1-4(7)5(8)3-12-13(9,10)11;4-1-3(5)2-9-10(6,7)8;1-2-3/h2,4-5,7-8H,1,3H2,(H2,9,10,11);1,3,5H,2H2,(H2,6,7,8);2H,1H3/t4-,5+;3-;/m00./s1. The Labute approximate surface area is 147 Å². The van der Waals surface area contributed by atoms with Crippen molar-refractivity contribution in [2.45, 2.75) is 31.7 Å². The molecule has 0 unspecified atom stereocenters. The number of aliphatic hydroxyl groups excluding tert-OH is 3. The second kappa shape index (κ2) is 16.3. The fourth-order valence-corrected chi connectivity index (χ4v) is 1.45. The highest BCUT2D eigenvalue weighted by Crippen LogP contribution is 2.36. The molecule has 0 aliphatic heterocycles. The monoisotopic (exact) mass is 428 g/mol. The van der Waals surface area contributed by atoms with E-state index < -0.39 is 47.2 Å².